The summed E-state index contributed by atoms with van der Waals surface area (Å²) in [5.74, 6) is 0.887. The predicted molar refractivity (Wildman–Crippen MR) is 95.1 cm³/mol. The predicted octanol–water partition coefficient (Wildman–Crippen LogP) is 2.77. The molecule has 140 valence electrons. The van der Waals surface area contributed by atoms with E-state index in [9.17, 15) is 14.9 Å². The Morgan fingerprint density at radius 2 is 2.00 bits per heavy atom. The molecular formula is C18H18N4O5. The van der Waals surface area contributed by atoms with Crippen LogP contribution in [0.15, 0.2) is 53.1 Å². The minimum absolute atomic E-state index is 0.0100. The normalized spacial score (nSPS) is 10.6. The largest absolute Gasteiger partial charge is 0.486 e. The van der Waals surface area contributed by atoms with Gasteiger partial charge >= 0.3 is 0 Å². The molecule has 9 nitrogen and oxygen atoms in total. The number of aromatic nitrogens is 2. The highest BCUT2D eigenvalue weighted by Crippen LogP contribution is 2.19. The Bertz CT molecular complexity index is 945. The highest BCUT2D eigenvalue weighted by Gasteiger charge is 2.17. The second kappa shape index (κ2) is 7.73. The van der Waals surface area contributed by atoms with Gasteiger partial charge in [0.05, 0.1) is 17.2 Å². The summed E-state index contributed by atoms with van der Waals surface area (Å²) in [7, 11) is 3.49. The van der Waals surface area contributed by atoms with Crippen LogP contribution in [0.4, 0.5) is 5.69 Å². The van der Waals surface area contributed by atoms with Crippen LogP contribution in [0, 0.1) is 10.1 Å². The van der Waals surface area contributed by atoms with Gasteiger partial charge in [0.25, 0.3) is 11.6 Å². The molecule has 27 heavy (non-hydrogen) atoms. The lowest BCUT2D eigenvalue weighted by Gasteiger charge is -2.14. The minimum atomic E-state index is -0.477. The van der Waals surface area contributed by atoms with Gasteiger partial charge in [0.15, 0.2) is 5.76 Å². The summed E-state index contributed by atoms with van der Waals surface area (Å²) >= 11 is 0. The van der Waals surface area contributed by atoms with Crippen LogP contribution in [0.25, 0.3) is 0 Å². The fourth-order valence-corrected chi connectivity index (χ4v) is 2.44. The number of aryl methyl sites for hydroxylation is 1. The smallest absolute Gasteiger partial charge is 0.289 e. The maximum atomic E-state index is 12.4. The van der Waals surface area contributed by atoms with Crippen molar-refractivity contribution in [2.45, 2.75) is 13.2 Å². The summed E-state index contributed by atoms with van der Waals surface area (Å²) < 4.78 is 12.7. The monoisotopic (exact) mass is 370 g/mol. The number of furan rings is 1. The van der Waals surface area contributed by atoms with E-state index >= 15 is 0 Å². The molecule has 0 spiro atoms. The zero-order valence-corrected chi connectivity index (χ0v) is 14.9. The lowest BCUT2D eigenvalue weighted by atomic mass is 10.3. The van der Waals surface area contributed by atoms with E-state index in [0.717, 1.165) is 5.69 Å². The van der Waals surface area contributed by atoms with E-state index in [2.05, 4.69) is 5.10 Å². The van der Waals surface area contributed by atoms with Crippen LogP contribution in [0.5, 0.6) is 5.75 Å². The van der Waals surface area contributed by atoms with Crippen molar-refractivity contribution >= 4 is 11.6 Å². The van der Waals surface area contributed by atoms with Gasteiger partial charge in [-0.3, -0.25) is 19.6 Å². The van der Waals surface area contributed by atoms with Crippen molar-refractivity contribution in [3.8, 4) is 5.75 Å². The second-order valence-corrected chi connectivity index (χ2v) is 5.95. The molecule has 0 fully saturated rings. The Labute approximate surface area is 154 Å². The lowest BCUT2D eigenvalue weighted by Crippen LogP contribution is -2.26. The van der Waals surface area contributed by atoms with Gasteiger partial charge in [0.2, 0.25) is 0 Å². The molecule has 1 amide bonds. The van der Waals surface area contributed by atoms with Crippen LogP contribution in [0.3, 0.4) is 0 Å². The van der Waals surface area contributed by atoms with Gasteiger partial charge in [0, 0.05) is 32.4 Å². The van der Waals surface area contributed by atoms with Gasteiger partial charge < -0.3 is 14.1 Å². The molecule has 0 N–H and O–H groups in total. The van der Waals surface area contributed by atoms with E-state index in [-0.39, 0.29) is 24.0 Å². The summed E-state index contributed by atoms with van der Waals surface area (Å²) in [6.45, 7) is 0.476. The molecule has 0 unspecified atom stereocenters. The van der Waals surface area contributed by atoms with E-state index in [4.69, 9.17) is 9.15 Å². The number of amides is 1. The van der Waals surface area contributed by atoms with Crippen molar-refractivity contribution in [1.82, 2.24) is 14.7 Å². The van der Waals surface area contributed by atoms with Crippen molar-refractivity contribution in [3.63, 3.8) is 0 Å². The molecule has 0 radical (unpaired) electrons. The highest BCUT2D eigenvalue weighted by molar-refractivity contribution is 5.91. The Hall–Kier alpha value is -3.62. The lowest BCUT2D eigenvalue weighted by molar-refractivity contribution is -0.384. The van der Waals surface area contributed by atoms with Crippen LogP contribution in [-0.4, -0.2) is 32.6 Å². The number of hydrogen-bond donors (Lipinski definition) is 0. The number of benzene rings is 1. The summed E-state index contributed by atoms with van der Waals surface area (Å²) in [5, 5.41) is 14.9. The third kappa shape index (κ3) is 4.51. The zero-order chi connectivity index (χ0) is 19.4. The highest BCUT2D eigenvalue weighted by atomic mass is 16.6. The van der Waals surface area contributed by atoms with E-state index < -0.39 is 4.92 Å². The second-order valence-electron chi connectivity index (χ2n) is 5.95. The van der Waals surface area contributed by atoms with Gasteiger partial charge in [-0.2, -0.15) is 5.10 Å². The number of carbonyl (C=O) groups excluding carboxylic acids is 1. The number of nitro benzene ring substituents is 1. The fraction of sp³-hybridized carbons (Fsp3) is 0.222. The third-order valence-corrected chi connectivity index (χ3v) is 3.82. The Morgan fingerprint density at radius 1 is 1.26 bits per heavy atom. The van der Waals surface area contributed by atoms with Crippen molar-refractivity contribution < 1.29 is 18.9 Å². The van der Waals surface area contributed by atoms with Crippen LogP contribution >= 0.6 is 0 Å². The molecular weight excluding hydrogens is 352 g/mol. The standard InChI is InChI=1S/C18H18N4O5/c1-20(11-13-9-10-21(2)19-13)18(23)17-8-7-16(27-17)12-26-15-5-3-14(4-6-15)22(24)25/h3-10H,11-12H2,1-2H3. The first-order valence-corrected chi connectivity index (χ1v) is 8.12. The molecule has 3 aromatic rings. The number of nitrogens with zero attached hydrogens (tertiary/aromatic N) is 4. The van der Waals surface area contributed by atoms with Crippen LogP contribution in [-0.2, 0) is 20.2 Å². The Kier molecular flexibility index (Phi) is 5.20. The fourth-order valence-electron chi connectivity index (χ4n) is 2.44. The van der Waals surface area contributed by atoms with Gasteiger partial charge in [-0.15, -0.1) is 0 Å². The Balaban J connectivity index is 1.57. The van der Waals surface area contributed by atoms with E-state index in [1.807, 2.05) is 19.3 Å². The molecule has 0 saturated heterocycles. The topological polar surface area (TPSA) is 104 Å². The molecule has 0 aliphatic rings. The SMILES string of the molecule is CN(Cc1ccn(C)n1)C(=O)c1ccc(COc2ccc([N+](=O)[O-])cc2)o1. The maximum Gasteiger partial charge on any atom is 0.289 e. The first-order valence-electron chi connectivity index (χ1n) is 8.12. The molecule has 1 aromatic carbocycles. The quantitative estimate of drug-likeness (QED) is 0.468. The van der Waals surface area contributed by atoms with E-state index in [1.54, 1.807) is 23.9 Å². The van der Waals surface area contributed by atoms with Crippen molar-refractivity contribution in [3.05, 3.63) is 76.0 Å². The number of carbonyl (C=O) groups is 1. The summed E-state index contributed by atoms with van der Waals surface area (Å²) in [5.41, 5.74) is 0.769. The van der Waals surface area contributed by atoms with E-state index in [1.165, 1.54) is 29.2 Å². The van der Waals surface area contributed by atoms with Gasteiger partial charge in [-0.25, -0.2) is 0 Å². The first kappa shape index (κ1) is 18.2. The third-order valence-electron chi connectivity index (χ3n) is 3.82. The average molecular weight is 370 g/mol. The van der Waals surface area contributed by atoms with Gasteiger partial charge in [0.1, 0.15) is 18.1 Å². The number of non-ortho nitro benzene ring substituents is 1. The number of ether oxygens (including phenoxy) is 1. The van der Waals surface area contributed by atoms with Crippen LogP contribution in [0.2, 0.25) is 0 Å². The van der Waals surface area contributed by atoms with Crippen molar-refractivity contribution in [1.29, 1.82) is 0 Å². The molecule has 0 atom stereocenters. The van der Waals surface area contributed by atoms with Crippen molar-refractivity contribution in [2.24, 2.45) is 7.05 Å². The molecule has 3 rings (SSSR count). The van der Waals surface area contributed by atoms with Gasteiger partial charge in [-0.1, -0.05) is 0 Å². The molecule has 0 bridgehead atoms. The molecule has 0 saturated carbocycles. The molecule has 2 aromatic heterocycles. The molecule has 9 heteroatoms. The van der Waals surface area contributed by atoms with Gasteiger partial charge in [-0.05, 0) is 30.3 Å². The zero-order valence-electron chi connectivity index (χ0n) is 14.9. The van der Waals surface area contributed by atoms with Crippen LogP contribution in [0.1, 0.15) is 22.0 Å². The molecule has 0 aliphatic carbocycles. The number of hydrogen-bond acceptors (Lipinski definition) is 6. The molecule has 2 heterocycles. The minimum Gasteiger partial charge on any atom is -0.486 e. The van der Waals surface area contributed by atoms with E-state index in [0.29, 0.717) is 18.1 Å². The number of rotatable bonds is 7. The Morgan fingerprint density at radius 3 is 2.63 bits per heavy atom. The maximum absolute atomic E-state index is 12.4. The van der Waals surface area contributed by atoms with Crippen LogP contribution < -0.4 is 4.74 Å². The summed E-state index contributed by atoms with van der Waals surface area (Å²) in [4.78, 5) is 24.1. The van der Waals surface area contributed by atoms with Crippen molar-refractivity contribution in [2.75, 3.05) is 7.05 Å². The summed E-state index contributed by atoms with van der Waals surface area (Å²) in [6, 6.07) is 10.8. The molecule has 0 aliphatic heterocycles. The average Bonchev–Trinajstić information content (AvgIpc) is 3.28. The number of nitro groups is 1. The summed E-state index contributed by atoms with van der Waals surface area (Å²) in [6.07, 6.45) is 1.81. The first-order chi connectivity index (χ1) is 12.9.